The van der Waals surface area contributed by atoms with Crippen LogP contribution in [0.15, 0.2) is 77.9 Å². The molecule has 0 aromatic heterocycles. The minimum absolute atomic E-state index is 1.02. The van der Waals surface area contributed by atoms with Crippen LogP contribution in [0, 0.1) is 5.92 Å². The van der Waals surface area contributed by atoms with E-state index in [2.05, 4.69) is 66.8 Å². The molecular formula is C16H13Cl3Ti. The van der Waals surface area contributed by atoms with Crippen molar-refractivity contribution < 1.29 is 14.7 Å². The van der Waals surface area contributed by atoms with Crippen molar-refractivity contribution in [3.8, 4) is 0 Å². The third-order valence-corrected chi connectivity index (χ3v) is 3.01. The van der Waals surface area contributed by atoms with Crippen molar-refractivity contribution in [3.63, 3.8) is 0 Å². The van der Waals surface area contributed by atoms with Crippen molar-refractivity contribution >= 4 is 27.9 Å². The molecule has 0 amide bonds. The van der Waals surface area contributed by atoms with E-state index in [1.54, 1.807) is 0 Å². The minimum atomic E-state index is -1.92. The zero-order chi connectivity index (χ0) is 14.4. The Labute approximate surface area is 137 Å². The Kier molecular flexibility index (Phi) is 6.67. The first kappa shape index (κ1) is 16.1. The standard InChI is InChI=1S/C16H13.3ClH.Ti/c1-2-6-13(7-3-1)12-15-11-10-14-8-4-5-9-16(14)15;;;;/h1-11H,12H2;3*1H;/q;;;;+3/p-3. The first-order chi connectivity index (χ1) is 9.66. The summed E-state index contributed by atoms with van der Waals surface area (Å²) in [5.41, 5.74) is 4.17. The Balaban J connectivity index is 0.000000328. The van der Waals surface area contributed by atoms with Gasteiger partial charge in [0.15, 0.2) is 0 Å². The number of halogens is 3. The van der Waals surface area contributed by atoms with Crippen LogP contribution in [0.4, 0.5) is 0 Å². The van der Waals surface area contributed by atoms with Crippen LogP contribution in [0.3, 0.4) is 0 Å². The number of fused-ring (bicyclic) bond motifs is 1. The van der Waals surface area contributed by atoms with E-state index >= 15 is 0 Å². The molecule has 2 aliphatic carbocycles. The molecular weight excluding hydrogens is 346 g/mol. The van der Waals surface area contributed by atoms with Crippen molar-refractivity contribution in [2.24, 2.45) is 0 Å². The quantitative estimate of drug-likeness (QED) is 0.580. The molecule has 102 valence electrons. The molecule has 0 nitrogen and oxygen atoms in total. The Morgan fingerprint density at radius 3 is 2.15 bits per heavy atom. The van der Waals surface area contributed by atoms with Gasteiger partial charge in [0.25, 0.3) is 0 Å². The fraction of sp³-hybridized carbons (Fsp3) is 0.0625. The monoisotopic (exact) mass is 358 g/mol. The second-order valence-corrected chi connectivity index (χ2v) is 12.1. The topological polar surface area (TPSA) is 0 Å². The number of allylic oxidation sites excluding steroid dienone is 8. The van der Waals surface area contributed by atoms with E-state index in [1.807, 2.05) is 0 Å². The average molecular weight is 360 g/mol. The molecule has 4 heteroatoms. The summed E-state index contributed by atoms with van der Waals surface area (Å²) in [6.07, 6.45) is 14.0. The molecule has 0 atom stereocenters. The van der Waals surface area contributed by atoms with Crippen LogP contribution >= 0.6 is 27.9 Å². The van der Waals surface area contributed by atoms with Crippen molar-refractivity contribution in [1.82, 2.24) is 0 Å². The Bertz CT molecular complexity index is 554. The maximum absolute atomic E-state index is 4.97. The summed E-state index contributed by atoms with van der Waals surface area (Å²) in [5, 5.41) is 0. The molecule has 2 aliphatic rings. The van der Waals surface area contributed by atoms with Gasteiger partial charge in [0.1, 0.15) is 0 Å². The van der Waals surface area contributed by atoms with Crippen LogP contribution in [-0.4, -0.2) is 0 Å². The van der Waals surface area contributed by atoms with Crippen LogP contribution in [0.25, 0.3) is 0 Å². The van der Waals surface area contributed by atoms with E-state index in [0.717, 1.165) is 6.42 Å². The molecule has 0 saturated carbocycles. The Hall–Kier alpha value is -0.236. The first-order valence-electron chi connectivity index (χ1n) is 6.17. The van der Waals surface area contributed by atoms with E-state index in [0.29, 0.717) is 0 Å². The summed E-state index contributed by atoms with van der Waals surface area (Å²) in [6, 6.07) is 10.6. The van der Waals surface area contributed by atoms with Gasteiger partial charge < -0.3 is 0 Å². The molecule has 1 aromatic rings. The Morgan fingerprint density at radius 2 is 1.45 bits per heavy atom. The van der Waals surface area contributed by atoms with Gasteiger partial charge in [-0.1, -0.05) is 66.8 Å². The molecule has 0 aliphatic heterocycles. The van der Waals surface area contributed by atoms with E-state index in [1.165, 1.54) is 22.6 Å². The zero-order valence-corrected chi connectivity index (χ0v) is 14.5. The van der Waals surface area contributed by atoms with Gasteiger partial charge in [0.2, 0.25) is 0 Å². The zero-order valence-electron chi connectivity index (χ0n) is 10.7. The summed E-state index contributed by atoms with van der Waals surface area (Å²) >= 11 is -1.92. The number of hydrogen-bond acceptors (Lipinski definition) is 0. The summed E-state index contributed by atoms with van der Waals surface area (Å²) < 4.78 is 0. The predicted octanol–water partition coefficient (Wildman–Crippen LogP) is 5.86. The molecule has 0 heterocycles. The molecule has 0 N–H and O–H groups in total. The van der Waals surface area contributed by atoms with Crippen molar-refractivity contribution in [2.75, 3.05) is 0 Å². The van der Waals surface area contributed by atoms with Gasteiger partial charge in [0.05, 0.1) is 0 Å². The van der Waals surface area contributed by atoms with Crippen molar-refractivity contribution in [2.45, 2.75) is 6.42 Å². The predicted molar refractivity (Wildman–Crippen MR) is 85.4 cm³/mol. The summed E-state index contributed by atoms with van der Waals surface area (Å²) in [4.78, 5) is 0. The number of hydrogen-bond donors (Lipinski definition) is 0. The molecule has 3 rings (SSSR count). The van der Waals surface area contributed by atoms with Gasteiger partial charge in [-0.05, 0) is 23.1 Å². The van der Waals surface area contributed by atoms with Crippen LogP contribution in [0.5, 0.6) is 0 Å². The van der Waals surface area contributed by atoms with Gasteiger partial charge in [-0.25, -0.2) is 0 Å². The fourth-order valence-corrected chi connectivity index (χ4v) is 2.18. The number of rotatable bonds is 2. The molecule has 1 radical (unpaired) electrons. The molecule has 20 heavy (non-hydrogen) atoms. The third-order valence-electron chi connectivity index (χ3n) is 3.01. The molecule has 0 spiro atoms. The molecule has 1 aromatic carbocycles. The molecule has 0 unspecified atom stereocenters. The molecule has 0 saturated heterocycles. The van der Waals surface area contributed by atoms with Gasteiger partial charge in [-0.2, -0.15) is 0 Å². The Morgan fingerprint density at radius 1 is 0.800 bits per heavy atom. The van der Waals surface area contributed by atoms with Crippen LogP contribution < -0.4 is 0 Å². The average Bonchev–Trinajstić information content (AvgIpc) is 2.83. The first-order valence-corrected chi connectivity index (χ1v) is 12.6. The molecule has 0 fully saturated rings. The third kappa shape index (κ3) is 4.95. The van der Waals surface area contributed by atoms with Crippen molar-refractivity contribution in [1.29, 1.82) is 0 Å². The van der Waals surface area contributed by atoms with Gasteiger partial charge in [-0.15, -0.1) is 0 Å². The van der Waals surface area contributed by atoms with E-state index in [9.17, 15) is 0 Å². The summed E-state index contributed by atoms with van der Waals surface area (Å²) in [7, 11) is 14.9. The molecule has 0 bridgehead atoms. The van der Waals surface area contributed by atoms with E-state index in [4.69, 9.17) is 27.9 Å². The normalized spacial score (nSPS) is 15.9. The van der Waals surface area contributed by atoms with E-state index in [-0.39, 0.29) is 0 Å². The second kappa shape index (κ2) is 8.27. The van der Waals surface area contributed by atoms with Gasteiger partial charge in [-0.3, -0.25) is 0 Å². The van der Waals surface area contributed by atoms with Crippen LogP contribution in [0.2, 0.25) is 0 Å². The number of benzene rings is 1. The van der Waals surface area contributed by atoms with Gasteiger partial charge >= 0.3 is 42.6 Å². The summed E-state index contributed by atoms with van der Waals surface area (Å²) in [6.45, 7) is 0. The summed E-state index contributed by atoms with van der Waals surface area (Å²) in [5.74, 6) is 1.34. The SMILES string of the molecule is C1=C[C]2C=CC(Cc3ccccc3)=C2C=C1.[Cl][Ti]([Cl])[Cl]. The fourth-order valence-electron chi connectivity index (χ4n) is 2.18. The van der Waals surface area contributed by atoms with Gasteiger partial charge in [0, 0.05) is 5.92 Å². The second-order valence-electron chi connectivity index (χ2n) is 4.32. The van der Waals surface area contributed by atoms with Crippen molar-refractivity contribution in [3.05, 3.63) is 89.4 Å². The van der Waals surface area contributed by atoms with Crippen LogP contribution in [0.1, 0.15) is 5.56 Å². The van der Waals surface area contributed by atoms with Crippen LogP contribution in [-0.2, 0) is 21.1 Å². The van der Waals surface area contributed by atoms with E-state index < -0.39 is 14.7 Å². The maximum atomic E-state index is 4.97.